The molecule has 1 unspecified atom stereocenters. The Balaban J connectivity index is 2.08. The Hall–Kier alpha value is -1.26. The van der Waals surface area contributed by atoms with Gasteiger partial charge >= 0.3 is 0 Å². The zero-order valence-electron chi connectivity index (χ0n) is 11.1. The third-order valence-corrected chi connectivity index (χ3v) is 4.08. The van der Waals surface area contributed by atoms with Crippen LogP contribution in [0.2, 0.25) is 5.02 Å². The Morgan fingerprint density at radius 3 is 2.74 bits per heavy atom. The molecule has 4 nitrogen and oxygen atoms in total. The van der Waals surface area contributed by atoms with Crippen LogP contribution < -0.4 is 16.6 Å². The van der Waals surface area contributed by atoms with Gasteiger partial charge in [-0.1, -0.05) is 24.4 Å². The highest BCUT2D eigenvalue weighted by molar-refractivity contribution is 6.31. The van der Waals surface area contributed by atoms with Crippen LogP contribution in [0.5, 0.6) is 0 Å². The van der Waals surface area contributed by atoms with Gasteiger partial charge in [-0.25, -0.2) is 0 Å². The fourth-order valence-corrected chi connectivity index (χ4v) is 2.86. The second-order valence-electron chi connectivity index (χ2n) is 5.14. The summed E-state index contributed by atoms with van der Waals surface area (Å²) in [6, 6.07) is 5.22. The second kappa shape index (κ2) is 6.26. The Kier molecular flexibility index (Phi) is 4.66. The molecule has 0 bridgehead atoms. The lowest BCUT2D eigenvalue weighted by atomic mass is 9.99. The summed E-state index contributed by atoms with van der Waals surface area (Å²) < 4.78 is 0. The Morgan fingerprint density at radius 2 is 2.11 bits per heavy atom. The predicted octanol–water partition coefficient (Wildman–Crippen LogP) is 2.93. The highest BCUT2D eigenvalue weighted by Crippen LogP contribution is 2.28. The maximum absolute atomic E-state index is 12.3. The van der Waals surface area contributed by atoms with E-state index in [0.717, 1.165) is 0 Å². The summed E-state index contributed by atoms with van der Waals surface area (Å²) in [6.45, 7) is 2.06. The van der Waals surface area contributed by atoms with E-state index in [4.69, 9.17) is 17.4 Å². The Labute approximate surface area is 118 Å². The third-order valence-electron chi connectivity index (χ3n) is 3.85. The molecule has 1 aromatic carbocycles. The van der Waals surface area contributed by atoms with Gasteiger partial charge in [0.05, 0.1) is 11.3 Å². The topological polar surface area (TPSA) is 67.2 Å². The lowest BCUT2D eigenvalue weighted by molar-refractivity contribution is 0.0928. The van der Waals surface area contributed by atoms with E-state index >= 15 is 0 Å². The summed E-state index contributed by atoms with van der Waals surface area (Å²) in [6.07, 6.45) is 4.91. The zero-order chi connectivity index (χ0) is 13.8. The average molecular weight is 282 g/mol. The van der Waals surface area contributed by atoms with E-state index in [2.05, 4.69) is 17.7 Å². The van der Waals surface area contributed by atoms with Crippen LogP contribution in [-0.2, 0) is 0 Å². The van der Waals surface area contributed by atoms with Crippen LogP contribution in [0.3, 0.4) is 0 Å². The highest BCUT2D eigenvalue weighted by Gasteiger charge is 2.23. The maximum Gasteiger partial charge on any atom is 0.253 e. The van der Waals surface area contributed by atoms with E-state index < -0.39 is 0 Å². The van der Waals surface area contributed by atoms with Gasteiger partial charge in [-0.15, -0.1) is 0 Å². The number of benzene rings is 1. The van der Waals surface area contributed by atoms with Crippen molar-refractivity contribution in [3.63, 3.8) is 0 Å². The quantitative estimate of drug-likeness (QED) is 0.587. The predicted molar refractivity (Wildman–Crippen MR) is 78.1 cm³/mol. The second-order valence-corrected chi connectivity index (χ2v) is 5.58. The average Bonchev–Trinajstić information content (AvgIpc) is 2.92. The number of nitrogens with two attached hydrogens (primary N) is 1. The number of nitrogen functional groups attached to an aromatic ring is 1. The summed E-state index contributed by atoms with van der Waals surface area (Å²) in [5.74, 6) is 5.87. The number of amides is 1. The third kappa shape index (κ3) is 3.39. The van der Waals surface area contributed by atoms with Gasteiger partial charge in [-0.3, -0.25) is 10.6 Å². The molecule has 1 atom stereocenters. The van der Waals surface area contributed by atoms with Crippen LogP contribution >= 0.6 is 11.6 Å². The van der Waals surface area contributed by atoms with Crippen LogP contribution in [0.1, 0.15) is 43.0 Å². The minimum atomic E-state index is -0.130. The lowest BCUT2D eigenvalue weighted by Gasteiger charge is -2.21. The molecule has 1 aromatic rings. The minimum absolute atomic E-state index is 0.130. The van der Waals surface area contributed by atoms with Gasteiger partial charge in [0, 0.05) is 11.1 Å². The molecule has 0 spiro atoms. The summed E-state index contributed by atoms with van der Waals surface area (Å²) >= 11 is 5.93. The molecule has 0 saturated heterocycles. The molecule has 1 aliphatic carbocycles. The molecular formula is C14H20ClN3O. The number of carbonyl (C=O) groups is 1. The first-order valence-corrected chi connectivity index (χ1v) is 7.06. The van der Waals surface area contributed by atoms with Gasteiger partial charge in [0.2, 0.25) is 0 Å². The van der Waals surface area contributed by atoms with E-state index in [-0.39, 0.29) is 11.9 Å². The highest BCUT2D eigenvalue weighted by atomic mass is 35.5. The van der Waals surface area contributed by atoms with Crippen LogP contribution in [0.15, 0.2) is 18.2 Å². The summed E-state index contributed by atoms with van der Waals surface area (Å²) in [4.78, 5) is 12.3. The van der Waals surface area contributed by atoms with Crippen molar-refractivity contribution in [2.24, 2.45) is 11.8 Å². The van der Waals surface area contributed by atoms with Crippen molar-refractivity contribution in [2.75, 3.05) is 5.43 Å². The molecule has 1 amide bonds. The number of hydrazine groups is 1. The summed E-state index contributed by atoms with van der Waals surface area (Å²) in [5.41, 5.74) is 3.60. The number of anilines is 1. The van der Waals surface area contributed by atoms with E-state index in [0.29, 0.717) is 22.2 Å². The fourth-order valence-electron chi connectivity index (χ4n) is 2.69. The van der Waals surface area contributed by atoms with E-state index in [1.165, 1.54) is 25.7 Å². The van der Waals surface area contributed by atoms with E-state index in [1.807, 2.05) is 0 Å². The van der Waals surface area contributed by atoms with Gasteiger partial charge in [-0.05, 0) is 43.9 Å². The van der Waals surface area contributed by atoms with Gasteiger partial charge in [0.25, 0.3) is 5.91 Å². The molecule has 4 N–H and O–H groups in total. The molecule has 19 heavy (non-hydrogen) atoms. The fraction of sp³-hybridized carbons (Fsp3) is 0.500. The van der Waals surface area contributed by atoms with Crippen molar-refractivity contribution in [3.05, 3.63) is 28.8 Å². The SMILES string of the molecule is CC(NC(=O)c1cc(Cl)ccc1NN)C1CCCC1. The first-order chi connectivity index (χ1) is 9.11. The summed E-state index contributed by atoms with van der Waals surface area (Å²) in [5, 5.41) is 3.57. The molecule has 104 valence electrons. The van der Waals surface area contributed by atoms with Gasteiger partial charge in [-0.2, -0.15) is 0 Å². The number of nitrogens with one attached hydrogen (secondary N) is 2. The maximum atomic E-state index is 12.3. The van der Waals surface area contributed by atoms with Crippen molar-refractivity contribution >= 4 is 23.2 Å². The first-order valence-electron chi connectivity index (χ1n) is 6.69. The molecule has 1 fully saturated rings. The smallest absolute Gasteiger partial charge is 0.253 e. The Bertz CT molecular complexity index is 458. The van der Waals surface area contributed by atoms with Crippen LogP contribution in [-0.4, -0.2) is 11.9 Å². The molecule has 1 saturated carbocycles. The van der Waals surface area contributed by atoms with Crippen molar-refractivity contribution in [3.8, 4) is 0 Å². The molecule has 0 radical (unpaired) electrons. The van der Waals surface area contributed by atoms with E-state index in [1.54, 1.807) is 18.2 Å². The Morgan fingerprint density at radius 1 is 1.42 bits per heavy atom. The van der Waals surface area contributed by atoms with Gasteiger partial charge in [0.1, 0.15) is 0 Å². The molecular weight excluding hydrogens is 262 g/mol. The number of halogens is 1. The number of hydrogen-bond acceptors (Lipinski definition) is 3. The normalized spacial score (nSPS) is 17.2. The monoisotopic (exact) mass is 281 g/mol. The molecule has 5 heteroatoms. The standard InChI is InChI=1S/C14H20ClN3O/c1-9(10-4-2-3-5-10)17-14(19)12-8-11(15)6-7-13(12)18-16/h6-10,18H,2-5,16H2,1H3,(H,17,19). The largest absolute Gasteiger partial charge is 0.349 e. The van der Waals surface area contributed by atoms with Crippen LogP contribution in [0, 0.1) is 5.92 Å². The van der Waals surface area contributed by atoms with E-state index in [9.17, 15) is 4.79 Å². The van der Waals surface area contributed by atoms with Crippen molar-refractivity contribution in [2.45, 2.75) is 38.6 Å². The molecule has 0 aromatic heterocycles. The first kappa shape index (κ1) is 14.2. The lowest BCUT2D eigenvalue weighted by Crippen LogP contribution is -2.37. The number of carbonyl (C=O) groups excluding carboxylic acids is 1. The van der Waals surface area contributed by atoms with Crippen LogP contribution in [0.25, 0.3) is 0 Å². The van der Waals surface area contributed by atoms with Crippen LogP contribution in [0.4, 0.5) is 5.69 Å². The zero-order valence-corrected chi connectivity index (χ0v) is 11.8. The number of rotatable bonds is 4. The molecule has 1 aliphatic rings. The van der Waals surface area contributed by atoms with Crippen molar-refractivity contribution in [1.29, 1.82) is 0 Å². The van der Waals surface area contributed by atoms with Gasteiger partial charge in [0.15, 0.2) is 0 Å². The molecule has 0 heterocycles. The van der Waals surface area contributed by atoms with Crippen molar-refractivity contribution < 1.29 is 4.79 Å². The summed E-state index contributed by atoms with van der Waals surface area (Å²) in [7, 11) is 0. The number of hydrogen-bond donors (Lipinski definition) is 3. The molecule has 2 rings (SSSR count). The van der Waals surface area contributed by atoms with Gasteiger partial charge < -0.3 is 10.7 Å². The van der Waals surface area contributed by atoms with Crippen molar-refractivity contribution in [1.82, 2.24) is 5.32 Å². The molecule has 0 aliphatic heterocycles. The minimum Gasteiger partial charge on any atom is -0.349 e.